The zero-order chi connectivity index (χ0) is 22.0. The van der Waals surface area contributed by atoms with Gasteiger partial charge in [0, 0.05) is 18.1 Å². The van der Waals surface area contributed by atoms with Crippen molar-refractivity contribution in [2.45, 2.75) is 18.8 Å². The second-order valence-electron chi connectivity index (χ2n) is 8.04. The van der Waals surface area contributed by atoms with E-state index in [9.17, 15) is 14.4 Å². The van der Waals surface area contributed by atoms with Crippen LogP contribution in [0.5, 0.6) is 0 Å². The van der Waals surface area contributed by atoms with Crippen molar-refractivity contribution in [3.8, 4) is 0 Å². The van der Waals surface area contributed by atoms with Crippen molar-refractivity contribution >= 4 is 29.4 Å². The van der Waals surface area contributed by atoms with Crippen LogP contribution in [-0.4, -0.2) is 60.9 Å². The van der Waals surface area contributed by atoms with E-state index in [2.05, 4.69) is 4.90 Å². The van der Waals surface area contributed by atoms with Crippen LogP contribution in [0, 0.1) is 5.92 Å². The largest absolute Gasteiger partial charge is 0.469 e. The number of nitrogens with zero attached hydrogens (tertiary/aromatic N) is 2. The van der Waals surface area contributed by atoms with Crippen molar-refractivity contribution in [3.05, 3.63) is 70.2 Å². The van der Waals surface area contributed by atoms with Crippen LogP contribution in [0.1, 0.15) is 45.0 Å². The highest BCUT2D eigenvalue weighted by atomic mass is 35.5. The molecule has 0 radical (unpaired) electrons. The van der Waals surface area contributed by atoms with Crippen molar-refractivity contribution in [2.24, 2.45) is 5.92 Å². The van der Waals surface area contributed by atoms with Gasteiger partial charge in [-0.1, -0.05) is 35.9 Å². The molecule has 2 aromatic carbocycles. The Kier molecular flexibility index (Phi) is 6.39. The molecular formula is C24H25ClN2O4. The number of imide groups is 1. The fourth-order valence-electron chi connectivity index (χ4n) is 4.62. The van der Waals surface area contributed by atoms with Gasteiger partial charge in [-0.25, -0.2) is 0 Å². The summed E-state index contributed by atoms with van der Waals surface area (Å²) in [7, 11) is 1.42. The average molecular weight is 441 g/mol. The summed E-state index contributed by atoms with van der Waals surface area (Å²) >= 11 is 6.01. The number of esters is 1. The maximum atomic E-state index is 12.5. The summed E-state index contributed by atoms with van der Waals surface area (Å²) in [5.74, 6) is -0.856. The number of rotatable bonds is 6. The van der Waals surface area contributed by atoms with Crippen molar-refractivity contribution in [3.63, 3.8) is 0 Å². The number of halogens is 1. The molecule has 0 aliphatic carbocycles. The topological polar surface area (TPSA) is 66.9 Å². The van der Waals surface area contributed by atoms with Crippen molar-refractivity contribution in [1.29, 1.82) is 0 Å². The monoisotopic (exact) mass is 440 g/mol. The van der Waals surface area contributed by atoms with Crippen LogP contribution >= 0.6 is 11.6 Å². The van der Waals surface area contributed by atoms with E-state index in [0.717, 1.165) is 18.5 Å². The van der Waals surface area contributed by atoms with Gasteiger partial charge in [-0.2, -0.15) is 0 Å². The lowest BCUT2D eigenvalue weighted by molar-refractivity contribution is -0.148. The van der Waals surface area contributed by atoms with Crippen LogP contribution < -0.4 is 0 Å². The predicted octanol–water partition coefficient (Wildman–Crippen LogP) is 3.60. The van der Waals surface area contributed by atoms with Gasteiger partial charge in [0.25, 0.3) is 11.8 Å². The maximum Gasteiger partial charge on any atom is 0.310 e. The lowest BCUT2D eigenvalue weighted by Gasteiger charge is -2.37. The molecule has 2 aromatic rings. The summed E-state index contributed by atoms with van der Waals surface area (Å²) in [6, 6.07) is 14.6. The highest BCUT2D eigenvalue weighted by molar-refractivity contribution is 6.30. The number of likely N-dealkylation sites (tertiary alicyclic amines) is 1. The van der Waals surface area contributed by atoms with E-state index in [1.54, 1.807) is 24.3 Å². The third-order valence-electron chi connectivity index (χ3n) is 6.23. The first-order valence-corrected chi connectivity index (χ1v) is 10.9. The summed E-state index contributed by atoms with van der Waals surface area (Å²) in [6.07, 6.45) is 1.49. The molecular weight excluding hydrogens is 416 g/mol. The summed E-state index contributed by atoms with van der Waals surface area (Å²) in [5, 5.41) is 0.670. The fraction of sp³-hybridized carbons (Fsp3) is 0.375. The third kappa shape index (κ3) is 4.36. The molecule has 31 heavy (non-hydrogen) atoms. The molecule has 2 amide bonds. The Morgan fingerprint density at radius 3 is 2.29 bits per heavy atom. The minimum Gasteiger partial charge on any atom is -0.469 e. The summed E-state index contributed by atoms with van der Waals surface area (Å²) < 4.78 is 5.07. The minimum atomic E-state index is -0.265. The van der Waals surface area contributed by atoms with Gasteiger partial charge in [0.1, 0.15) is 0 Å². The lowest BCUT2D eigenvalue weighted by atomic mass is 9.80. The van der Waals surface area contributed by atoms with Crippen molar-refractivity contribution in [2.75, 3.05) is 33.3 Å². The number of benzene rings is 2. The van der Waals surface area contributed by atoms with Gasteiger partial charge in [0.15, 0.2) is 0 Å². The molecule has 0 spiro atoms. The number of carbonyl (C=O) groups is 3. The van der Waals surface area contributed by atoms with Gasteiger partial charge in [-0.05, 0) is 61.7 Å². The van der Waals surface area contributed by atoms with Gasteiger partial charge >= 0.3 is 5.97 Å². The number of piperidine rings is 1. The second-order valence-corrected chi connectivity index (χ2v) is 8.47. The Bertz CT molecular complexity index is 956. The number of fused-ring (bicyclic) bond motifs is 1. The van der Waals surface area contributed by atoms with Gasteiger partial charge in [0.2, 0.25) is 0 Å². The van der Waals surface area contributed by atoms with Crippen LogP contribution in [0.15, 0.2) is 48.5 Å². The molecule has 2 aliphatic rings. The minimum absolute atomic E-state index is 0.0807. The molecule has 1 saturated heterocycles. The third-order valence-corrected chi connectivity index (χ3v) is 6.49. The summed E-state index contributed by atoms with van der Waals surface area (Å²) in [4.78, 5) is 41.1. The van der Waals surface area contributed by atoms with Gasteiger partial charge < -0.3 is 9.64 Å². The Hall–Kier alpha value is -2.70. The van der Waals surface area contributed by atoms with E-state index in [-0.39, 0.29) is 29.6 Å². The Morgan fingerprint density at radius 2 is 1.68 bits per heavy atom. The van der Waals surface area contributed by atoms with Crippen LogP contribution in [0.2, 0.25) is 5.02 Å². The first-order valence-electron chi connectivity index (χ1n) is 10.5. The molecule has 6 nitrogen and oxygen atoms in total. The Morgan fingerprint density at radius 1 is 1.03 bits per heavy atom. The molecule has 1 fully saturated rings. The normalized spacial score (nSPS) is 21.3. The molecule has 4 rings (SSSR count). The summed E-state index contributed by atoms with van der Waals surface area (Å²) in [6.45, 7) is 2.49. The van der Waals surface area contributed by atoms with Gasteiger partial charge in [-0.15, -0.1) is 0 Å². The van der Waals surface area contributed by atoms with Gasteiger partial charge in [0.05, 0.1) is 24.2 Å². The number of methoxy groups -OCH3 is 1. The molecule has 0 N–H and O–H groups in total. The smallest absolute Gasteiger partial charge is 0.310 e. The molecule has 2 atom stereocenters. The SMILES string of the molecule is COC(=O)[C@@H]1CN(CCCN2C(=O)c3ccccc3C2=O)CC[C@@H]1c1ccc(Cl)cc1. The number of amides is 2. The Labute approximate surface area is 186 Å². The molecule has 2 heterocycles. The molecule has 0 unspecified atom stereocenters. The first kappa shape index (κ1) is 21.5. The van der Waals surface area contributed by atoms with E-state index in [4.69, 9.17) is 16.3 Å². The highest BCUT2D eigenvalue weighted by Crippen LogP contribution is 2.34. The van der Waals surface area contributed by atoms with E-state index in [1.165, 1.54) is 12.0 Å². The van der Waals surface area contributed by atoms with E-state index < -0.39 is 0 Å². The zero-order valence-electron chi connectivity index (χ0n) is 17.4. The number of carbonyl (C=O) groups excluding carboxylic acids is 3. The molecule has 2 aliphatic heterocycles. The lowest BCUT2D eigenvalue weighted by Crippen LogP contribution is -2.44. The van der Waals surface area contributed by atoms with Crippen LogP contribution in [0.4, 0.5) is 0 Å². The molecule has 0 saturated carbocycles. The summed E-state index contributed by atoms with van der Waals surface area (Å²) in [5.41, 5.74) is 2.04. The molecule has 7 heteroatoms. The quantitative estimate of drug-likeness (QED) is 0.507. The fourth-order valence-corrected chi connectivity index (χ4v) is 4.74. The van der Waals surface area contributed by atoms with Crippen LogP contribution in [0.3, 0.4) is 0 Å². The maximum absolute atomic E-state index is 12.5. The highest BCUT2D eigenvalue weighted by Gasteiger charge is 2.37. The number of hydrogen-bond acceptors (Lipinski definition) is 5. The van der Waals surface area contributed by atoms with Crippen molar-refractivity contribution < 1.29 is 19.1 Å². The van der Waals surface area contributed by atoms with Crippen molar-refractivity contribution in [1.82, 2.24) is 9.80 Å². The average Bonchev–Trinajstić information content (AvgIpc) is 3.04. The van der Waals surface area contributed by atoms with Crippen LogP contribution in [0.25, 0.3) is 0 Å². The number of ether oxygens (including phenoxy) is 1. The zero-order valence-corrected chi connectivity index (χ0v) is 18.2. The predicted molar refractivity (Wildman–Crippen MR) is 117 cm³/mol. The van der Waals surface area contributed by atoms with Crippen LogP contribution in [-0.2, 0) is 9.53 Å². The van der Waals surface area contributed by atoms with Gasteiger partial charge in [-0.3, -0.25) is 19.3 Å². The Balaban J connectivity index is 1.36. The molecule has 162 valence electrons. The number of hydrogen-bond donors (Lipinski definition) is 0. The van der Waals surface area contributed by atoms with E-state index in [0.29, 0.717) is 42.2 Å². The first-order chi connectivity index (χ1) is 15.0. The standard InChI is InChI=1S/C24H25ClN2O4/c1-31-24(30)21-15-26(14-11-18(21)16-7-9-17(25)10-8-16)12-4-13-27-22(28)19-5-2-3-6-20(19)23(27)29/h2-3,5-10,18,21H,4,11-15H2,1H3/t18-,21-/m1/s1. The molecule has 0 aromatic heterocycles. The second kappa shape index (κ2) is 9.20. The van der Waals surface area contributed by atoms with E-state index in [1.807, 2.05) is 24.3 Å². The van der Waals surface area contributed by atoms with E-state index >= 15 is 0 Å². The molecule has 0 bridgehead atoms.